The van der Waals surface area contributed by atoms with Crippen LogP contribution in [-0.2, 0) is 11.0 Å². The Labute approximate surface area is 133 Å². The highest BCUT2D eigenvalue weighted by Crippen LogP contribution is 2.36. The largest absolute Gasteiger partial charge is 0.416 e. The van der Waals surface area contributed by atoms with Crippen LogP contribution in [0.1, 0.15) is 56.2 Å². The second-order valence-electron chi connectivity index (χ2n) is 6.67. The molecule has 23 heavy (non-hydrogen) atoms. The molecule has 3 atom stereocenters. The summed E-state index contributed by atoms with van der Waals surface area (Å²) in [6.45, 7) is 1.80. The van der Waals surface area contributed by atoms with Crippen molar-refractivity contribution in [2.24, 2.45) is 0 Å². The maximum absolute atomic E-state index is 12.6. The van der Waals surface area contributed by atoms with Crippen LogP contribution in [-0.4, -0.2) is 17.5 Å². The molecule has 2 bridgehead atoms. The van der Waals surface area contributed by atoms with Gasteiger partial charge in [-0.05, 0) is 56.7 Å². The van der Waals surface area contributed by atoms with Crippen molar-refractivity contribution in [3.05, 3.63) is 35.4 Å². The fourth-order valence-electron chi connectivity index (χ4n) is 3.69. The summed E-state index contributed by atoms with van der Waals surface area (Å²) in [5.41, 5.74) is -0.484. The molecule has 0 spiro atoms. The van der Waals surface area contributed by atoms with E-state index in [1.165, 1.54) is 12.1 Å². The standard InChI is InChI=1S/C17H21F3N2O/c1-11(12-4-6-13(7-5-12)17(18,19)20)21-15(23)16-9-2-3-14(22-16)8-10-16/h4-7,11,14,22H,2-3,8-10H2,1H3,(H,21,23)/t11-,14?,16?/m1/s1. The highest BCUT2D eigenvalue weighted by Gasteiger charge is 2.47. The average Bonchev–Trinajstić information content (AvgIpc) is 2.82. The van der Waals surface area contributed by atoms with Gasteiger partial charge in [-0.3, -0.25) is 4.79 Å². The molecule has 2 unspecified atom stereocenters. The molecule has 126 valence electrons. The lowest BCUT2D eigenvalue weighted by Gasteiger charge is -2.34. The van der Waals surface area contributed by atoms with E-state index in [9.17, 15) is 18.0 Å². The van der Waals surface area contributed by atoms with Crippen molar-refractivity contribution >= 4 is 5.91 Å². The molecule has 0 saturated carbocycles. The van der Waals surface area contributed by atoms with Gasteiger partial charge in [0, 0.05) is 6.04 Å². The lowest BCUT2D eigenvalue weighted by atomic mass is 9.89. The van der Waals surface area contributed by atoms with E-state index in [1.807, 2.05) is 0 Å². The van der Waals surface area contributed by atoms with Crippen LogP contribution in [0, 0.1) is 0 Å². The number of piperidine rings is 1. The Morgan fingerprint density at radius 2 is 1.96 bits per heavy atom. The Morgan fingerprint density at radius 3 is 2.61 bits per heavy atom. The highest BCUT2D eigenvalue weighted by molar-refractivity contribution is 5.87. The van der Waals surface area contributed by atoms with Crippen molar-refractivity contribution in [2.75, 3.05) is 0 Å². The van der Waals surface area contributed by atoms with Crippen LogP contribution in [0.15, 0.2) is 24.3 Å². The smallest absolute Gasteiger partial charge is 0.348 e. The van der Waals surface area contributed by atoms with E-state index in [1.54, 1.807) is 6.92 Å². The molecule has 2 fully saturated rings. The van der Waals surface area contributed by atoms with Gasteiger partial charge in [0.15, 0.2) is 0 Å². The Kier molecular flexibility index (Phi) is 4.12. The summed E-state index contributed by atoms with van der Waals surface area (Å²) in [6, 6.07) is 5.08. The van der Waals surface area contributed by atoms with E-state index >= 15 is 0 Å². The number of carbonyl (C=O) groups excluding carboxylic acids is 1. The van der Waals surface area contributed by atoms with Gasteiger partial charge in [-0.25, -0.2) is 0 Å². The number of alkyl halides is 3. The fraction of sp³-hybridized carbons (Fsp3) is 0.588. The maximum Gasteiger partial charge on any atom is 0.416 e. The number of carbonyl (C=O) groups is 1. The third kappa shape index (κ3) is 3.22. The molecule has 2 aliphatic heterocycles. The third-order valence-corrected chi connectivity index (χ3v) is 5.08. The summed E-state index contributed by atoms with van der Waals surface area (Å²) < 4.78 is 37.8. The summed E-state index contributed by atoms with van der Waals surface area (Å²) in [5.74, 6) is -0.0351. The molecule has 2 N–H and O–H groups in total. The lowest BCUT2D eigenvalue weighted by molar-refractivity contribution is -0.137. The monoisotopic (exact) mass is 326 g/mol. The molecular weight excluding hydrogens is 305 g/mol. The van der Waals surface area contributed by atoms with Crippen molar-refractivity contribution in [3.63, 3.8) is 0 Å². The van der Waals surface area contributed by atoms with Crippen molar-refractivity contribution in [2.45, 2.75) is 62.8 Å². The van der Waals surface area contributed by atoms with Crippen LogP contribution in [0.25, 0.3) is 0 Å². The first-order valence-corrected chi connectivity index (χ1v) is 8.06. The zero-order valence-corrected chi connectivity index (χ0v) is 13.0. The summed E-state index contributed by atoms with van der Waals surface area (Å²) in [4.78, 5) is 12.6. The van der Waals surface area contributed by atoms with E-state index in [0.717, 1.165) is 44.2 Å². The minimum absolute atomic E-state index is 0.0351. The molecule has 2 saturated heterocycles. The lowest BCUT2D eigenvalue weighted by Crippen LogP contribution is -2.57. The topological polar surface area (TPSA) is 41.1 Å². The number of halogens is 3. The van der Waals surface area contributed by atoms with Crippen molar-refractivity contribution in [1.29, 1.82) is 0 Å². The zero-order valence-electron chi connectivity index (χ0n) is 13.0. The fourth-order valence-corrected chi connectivity index (χ4v) is 3.69. The number of benzene rings is 1. The Balaban J connectivity index is 1.67. The van der Waals surface area contributed by atoms with Gasteiger partial charge in [-0.15, -0.1) is 0 Å². The Morgan fingerprint density at radius 1 is 1.26 bits per heavy atom. The van der Waals surface area contributed by atoms with Gasteiger partial charge >= 0.3 is 6.18 Å². The van der Waals surface area contributed by atoms with Crippen LogP contribution in [0.3, 0.4) is 0 Å². The van der Waals surface area contributed by atoms with Crippen LogP contribution in [0.5, 0.6) is 0 Å². The average molecular weight is 326 g/mol. The normalized spacial score (nSPS) is 28.4. The minimum Gasteiger partial charge on any atom is -0.348 e. The minimum atomic E-state index is -4.34. The van der Waals surface area contributed by atoms with Crippen molar-refractivity contribution < 1.29 is 18.0 Å². The van der Waals surface area contributed by atoms with Gasteiger partial charge in [0.2, 0.25) is 5.91 Å². The third-order valence-electron chi connectivity index (χ3n) is 5.08. The van der Waals surface area contributed by atoms with Gasteiger partial charge in [0.05, 0.1) is 17.1 Å². The van der Waals surface area contributed by atoms with E-state index in [-0.39, 0.29) is 11.9 Å². The number of hydrogen-bond acceptors (Lipinski definition) is 2. The summed E-state index contributed by atoms with van der Waals surface area (Å²) >= 11 is 0. The molecule has 2 heterocycles. The molecule has 0 aromatic heterocycles. The Hall–Kier alpha value is -1.56. The van der Waals surface area contributed by atoms with Crippen LogP contribution in [0.2, 0.25) is 0 Å². The summed E-state index contributed by atoms with van der Waals surface area (Å²) in [6.07, 6.45) is 0.498. The maximum atomic E-state index is 12.6. The van der Waals surface area contributed by atoms with E-state index < -0.39 is 17.3 Å². The van der Waals surface area contributed by atoms with Crippen LogP contribution in [0.4, 0.5) is 13.2 Å². The van der Waals surface area contributed by atoms with Gasteiger partial charge in [-0.1, -0.05) is 12.1 Å². The van der Waals surface area contributed by atoms with Gasteiger partial charge in [-0.2, -0.15) is 13.2 Å². The van der Waals surface area contributed by atoms with Crippen molar-refractivity contribution in [1.82, 2.24) is 10.6 Å². The van der Waals surface area contributed by atoms with E-state index in [4.69, 9.17) is 0 Å². The quantitative estimate of drug-likeness (QED) is 0.892. The number of rotatable bonds is 3. The first-order chi connectivity index (χ1) is 10.8. The van der Waals surface area contributed by atoms with Crippen LogP contribution >= 0.6 is 0 Å². The predicted octanol–water partition coefficient (Wildman–Crippen LogP) is 3.56. The summed E-state index contributed by atoms with van der Waals surface area (Å²) in [7, 11) is 0. The first-order valence-electron chi connectivity index (χ1n) is 8.06. The highest BCUT2D eigenvalue weighted by atomic mass is 19.4. The summed E-state index contributed by atoms with van der Waals surface area (Å²) in [5, 5.41) is 6.39. The molecule has 1 aromatic carbocycles. The molecule has 6 heteroatoms. The molecule has 0 aliphatic carbocycles. The predicted molar refractivity (Wildman–Crippen MR) is 80.7 cm³/mol. The van der Waals surface area contributed by atoms with Gasteiger partial charge in [0.25, 0.3) is 0 Å². The van der Waals surface area contributed by atoms with Crippen LogP contribution < -0.4 is 10.6 Å². The second-order valence-corrected chi connectivity index (χ2v) is 6.67. The molecule has 0 radical (unpaired) electrons. The van der Waals surface area contributed by atoms with E-state index in [0.29, 0.717) is 11.6 Å². The molecule has 1 aromatic rings. The number of nitrogens with one attached hydrogen (secondary N) is 2. The Bertz CT molecular complexity index is 580. The molecular formula is C17H21F3N2O. The molecule has 3 nitrogen and oxygen atoms in total. The molecule has 3 rings (SSSR count). The number of hydrogen-bond donors (Lipinski definition) is 2. The molecule has 1 amide bonds. The number of amides is 1. The molecule has 2 aliphatic rings. The zero-order chi connectivity index (χ0) is 16.7. The first kappa shape index (κ1) is 16.3. The SMILES string of the molecule is C[C@@H](NC(=O)C12CCCC(CC1)N2)c1ccc(C(F)(F)F)cc1. The second kappa shape index (κ2) is 5.82. The van der Waals surface area contributed by atoms with Gasteiger partial charge in [0.1, 0.15) is 0 Å². The number of fused-ring (bicyclic) bond motifs is 2. The van der Waals surface area contributed by atoms with E-state index in [2.05, 4.69) is 10.6 Å². The van der Waals surface area contributed by atoms with Gasteiger partial charge < -0.3 is 10.6 Å². The van der Waals surface area contributed by atoms with Crippen molar-refractivity contribution in [3.8, 4) is 0 Å².